The molecule has 200 valence electrons. The normalized spacial score (nSPS) is 19.8. The third-order valence-corrected chi connectivity index (χ3v) is 8.48. The van der Waals surface area contributed by atoms with Gasteiger partial charge in [0.05, 0.1) is 35.2 Å². The van der Waals surface area contributed by atoms with Gasteiger partial charge in [-0.15, -0.1) is 0 Å². The number of methoxy groups -OCH3 is 1. The van der Waals surface area contributed by atoms with Crippen molar-refractivity contribution in [2.45, 2.75) is 31.8 Å². The van der Waals surface area contributed by atoms with E-state index in [1.54, 1.807) is 7.11 Å². The number of anilines is 2. The van der Waals surface area contributed by atoms with E-state index < -0.39 is 0 Å². The van der Waals surface area contributed by atoms with Gasteiger partial charge in [-0.2, -0.15) is 0 Å². The van der Waals surface area contributed by atoms with Gasteiger partial charge >= 0.3 is 0 Å². The lowest BCUT2D eigenvalue weighted by atomic mass is 9.98. The van der Waals surface area contributed by atoms with E-state index in [-0.39, 0.29) is 12.1 Å². The molecule has 2 saturated heterocycles. The molecular formula is C31H32ClN5OS. The number of nitrogens with one attached hydrogen (secondary N) is 1. The number of rotatable bonds is 6. The van der Waals surface area contributed by atoms with E-state index >= 15 is 0 Å². The Bertz CT molecular complexity index is 1470. The van der Waals surface area contributed by atoms with Crippen LogP contribution in [-0.2, 0) is 0 Å². The first-order valence-electron chi connectivity index (χ1n) is 13.4. The number of thiocarbonyl (C=S) groups is 1. The first-order valence-corrected chi connectivity index (χ1v) is 14.2. The Kier molecular flexibility index (Phi) is 7.19. The van der Waals surface area contributed by atoms with E-state index in [0.29, 0.717) is 5.11 Å². The average Bonchev–Trinajstić information content (AvgIpc) is 3.58. The summed E-state index contributed by atoms with van der Waals surface area (Å²) in [5.74, 6) is 1.56. The molecule has 2 aliphatic rings. The van der Waals surface area contributed by atoms with Gasteiger partial charge in [0.2, 0.25) is 0 Å². The van der Waals surface area contributed by atoms with Gasteiger partial charge in [-0.05, 0) is 85.6 Å². The fourth-order valence-corrected chi connectivity index (χ4v) is 6.41. The van der Waals surface area contributed by atoms with Crippen LogP contribution in [0.4, 0.5) is 11.4 Å². The van der Waals surface area contributed by atoms with Gasteiger partial charge in [-0.1, -0.05) is 36.7 Å². The summed E-state index contributed by atoms with van der Waals surface area (Å²) in [6.07, 6.45) is 6.26. The first kappa shape index (κ1) is 25.7. The van der Waals surface area contributed by atoms with Gasteiger partial charge < -0.3 is 24.4 Å². The highest BCUT2D eigenvalue weighted by molar-refractivity contribution is 7.80. The second-order valence-electron chi connectivity index (χ2n) is 10.3. The molecule has 2 aromatic heterocycles. The maximum absolute atomic E-state index is 6.95. The summed E-state index contributed by atoms with van der Waals surface area (Å²) in [5, 5.41) is 4.94. The number of nitrogens with zero attached hydrogens (tertiary/aromatic N) is 4. The van der Waals surface area contributed by atoms with Crippen LogP contribution >= 0.6 is 23.8 Å². The molecule has 0 amide bonds. The minimum Gasteiger partial charge on any atom is -0.495 e. The first-order chi connectivity index (χ1) is 19.0. The van der Waals surface area contributed by atoms with Gasteiger partial charge in [0, 0.05) is 36.9 Å². The van der Waals surface area contributed by atoms with Crippen molar-refractivity contribution in [1.82, 2.24) is 14.9 Å². The number of ether oxygens (including phenoxy) is 1. The number of para-hydroxylation sites is 2. The van der Waals surface area contributed by atoms with Gasteiger partial charge in [0.15, 0.2) is 5.11 Å². The predicted octanol–water partition coefficient (Wildman–Crippen LogP) is 6.95. The number of aromatic nitrogens is 2. The van der Waals surface area contributed by atoms with Crippen LogP contribution in [0.1, 0.15) is 43.2 Å². The fraction of sp³-hybridized carbons (Fsp3) is 0.290. The highest BCUT2D eigenvalue weighted by atomic mass is 35.5. The average molecular weight is 558 g/mol. The molecule has 2 aliphatic heterocycles. The largest absolute Gasteiger partial charge is 0.495 e. The summed E-state index contributed by atoms with van der Waals surface area (Å²) in [7, 11) is 1.70. The van der Waals surface area contributed by atoms with E-state index in [9.17, 15) is 0 Å². The maximum Gasteiger partial charge on any atom is 0.174 e. The number of benzene rings is 2. The monoisotopic (exact) mass is 557 g/mol. The van der Waals surface area contributed by atoms with Crippen LogP contribution in [0.2, 0.25) is 5.02 Å². The van der Waals surface area contributed by atoms with Crippen molar-refractivity contribution >= 4 is 40.3 Å². The van der Waals surface area contributed by atoms with Crippen LogP contribution in [0.15, 0.2) is 85.2 Å². The molecule has 39 heavy (non-hydrogen) atoms. The Morgan fingerprint density at radius 1 is 0.974 bits per heavy atom. The lowest BCUT2D eigenvalue weighted by molar-refractivity contribution is 0.412. The molecule has 0 aliphatic carbocycles. The second kappa shape index (κ2) is 10.9. The van der Waals surface area contributed by atoms with Crippen molar-refractivity contribution in [3.8, 4) is 11.4 Å². The van der Waals surface area contributed by atoms with E-state index in [0.717, 1.165) is 58.2 Å². The van der Waals surface area contributed by atoms with Gasteiger partial charge in [0.25, 0.3) is 0 Å². The van der Waals surface area contributed by atoms with Crippen molar-refractivity contribution in [1.29, 1.82) is 0 Å². The molecule has 4 heterocycles. The lowest BCUT2D eigenvalue weighted by Crippen LogP contribution is -2.33. The Hall–Kier alpha value is -3.55. The molecule has 6 rings (SSSR count). The molecule has 4 aromatic rings. The maximum atomic E-state index is 6.95. The van der Waals surface area contributed by atoms with Crippen LogP contribution in [0.25, 0.3) is 5.69 Å². The number of hydrogen-bond donors (Lipinski definition) is 1. The van der Waals surface area contributed by atoms with Crippen LogP contribution in [0, 0.1) is 5.92 Å². The molecular weight excluding hydrogens is 526 g/mol. The zero-order valence-electron chi connectivity index (χ0n) is 22.1. The van der Waals surface area contributed by atoms with E-state index in [1.807, 2.05) is 48.7 Å². The Balaban J connectivity index is 1.44. The quantitative estimate of drug-likeness (QED) is 0.259. The Morgan fingerprint density at radius 2 is 1.77 bits per heavy atom. The summed E-state index contributed by atoms with van der Waals surface area (Å²) in [4.78, 5) is 9.27. The zero-order valence-corrected chi connectivity index (χ0v) is 23.7. The predicted molar refractivity (Wildman–Crippen MR) is 162 cm³/mol. The van der Waals surface area contributed by atoms with E-state index in [2.05, 4.69) is 63.1 Å². The molecule has 0 saturated carbocycles. The van der Waals surface area contributed by atoms with Crippen molar-refractivity contribution in [2.75, 3.05) is 30.0 Å². The second-order valence-corrected chi connectivity index (χ2v) is 11.1. The lowest BCUT2D eigenvalue weighted by Gasteiger charge is -2.33. The van der Waals surface area contributed by atoms with Gasteiger partial charge in [0.1, 0.15) is 11.8 Å². The summed E-state index contributed by atoms with van der Waals surface area (Å²) < 4.78 is 7.89. The van der Waals surface area contributed by atoms with E-state index in [1.165, 1.54) is 12.8 Å². The number of hydrogen-bond acceptors (Lipinski definition) is 4. The third-order valence-electron chi connectivity index (χ3n) is 7.86. The molecule has 2 aromatic carbocycles. The third kappa shape index (κ3) is 4.85. The molecule has 0 radical (unpaired) electrons. The molecule has 8 heteroatoms. The van der Waals surface area contributed by atoms with Crippen molar-refractivity contribution in [3.63, 3.8) is 0 Å². The van der Waals surface area contributed by atoms with E-state index in [4.69, 9.17) is 33.5 Å². The van der Waals surface area contributed by atoms with Gasteiger partial charge in [-0.25, -0.2) is 0 Å². The van der Waals surface area contributed by atoms with Crippen LogP contribution in [-0.4, -0.2) is 34.9 Å². The van der Waals surface area contributed by atoms with Crippen LogP contribution in [0.3, 0.4) is 0 Å². The Morgan fingerprint density at radius 3 is 2.51 bits per heavy atom. The fourth-order valence-electron chi connectivity index (χ4n) is 5.77. The summed E-state index contributed by atoms with van der Waals surface area (Å²) >= 11 is 12.9. The zero-order chi connectivity index (χ0) is 26.9. The molecule has 2 fully saturated rings. The molecule has 0 spiro atoms. The van der Waals surface area contributed by atoms with Crippen LogP contribution < -0.4 is 19.9 Å². The van der Waals surface area contributed by atoms with Crippen molar-refractivity contribution in [3.05, 3.63) is 102 Å². The standard InChI is InChI=1S/C31H32ClN5OS/c1-21-14-18-35(19-15-21)25-13-12-22(20-23(25)32)37-30(29(34-31(37)39)24-8-5-6-16-33-24)27-10-7-17-36(27)26-9-3-4-11-28(26)38-2/h3-13,16-17,20-21,29-30H,14-15,18-19H2,1-2H3,(H,34,39). The highest BCUT2D eigenvalue weighted by Crippen LogP contribution is 2.44. The molecule has 0 bridgehead atoms. The summed E-state index contributed by atoms with van der Waals surface area (Å²) in [5.41, 5.74) is 4.98. The smallest absolute Gasteiger partial charge is 0.174 e. The number of piperidine rings is 1. The Labute approximate surface area is 240 Å². The minimum atomic E-state index is -0.176. The van der Waals surface area contributed by atoms with Crippen LogP contribution in [0.5, 0.6) is 5.75 Å². The molecule has 6 nitrogen and oxygen atoms in total. The van der Waals surface area contributed by atoms with Gasteiger partial charge in [-0.3, -0.25) is 4.98 Å². The van der Waals surface area contributed by atoms with Crippen molar-refractivity contribution < 1.29 is 4.74 Å². The molecule has 1 N–H and O–H groups in total. The topological polar surface area (TPSA) is 45.6 Å². The number of pyridine rings is 1. The molecule has 2 atom stereocenters. The van der Waals surface area contributed by atoms with Crippen molar-refractivity contribution in [2.24, 2.45) is 5.92 Å². The minimum absolute atomic E-state index is 0.163. The molecule has 2 unspecified atom stereocenters. The summed E-state index contributed by atoms with van der Waals surface area (Å²) in [6.45, 7) is 4.38. The summed E-state index contributed by atoms with van der Waals surface area (Å²) in [6, 6.07) is 24.2. The highest BCUT2D eigenvalue weighted by Gasteiger charge is 2.42. The SMILES string of the molecule is COc1ccccc1-n1cccc1C1C(c2ccccn2)NC(=S)N1c1ccc(N2CCC(C)CC2)c(Cl)c1. The number of halogens is 1.